The van der Waals surface area contributed by atoms with Gasteiger partial charge in [0, 0.05) is 60.5 Å². The van der Waals surface area contributed by atoms with Crippen LogP contribution in [0.15, 0.2) is 85.5 Å². The molecule has 0 atom stereocenters. The second kappa shape index (κ2) is 10.9. The van der Waals surface area contributed by atoms with Crippen molar-refractivity contribution in [1.82, 2.24) is 19.9 Å². The summed E-state index contributed by atoms with van der Waals surface area (Å²) in [4.78, 5) is 17.3. The van der Waals surface area contributed by atoms with Crippen molar-refractivity contribution >= 4 is 16.7 Å². The number of pyridine rings is 4. The predicted molar refractivity (Wildman–Crippen MR) is 136 cm³/mol. The van der Waals surface area contributed by atoms with Crippen LogP contribution >= 0.6 is 0 Å². The van der Waals surface area contributed by atoms with Crippen molar-refractivity contribution in [2.45, 2.75) is 20.4 Å². The van der Waals surface area contributed by atoms with E-state index in [1.807, 2.05) is 61.5 Å². The van der Waals surface area contributed by atoms with E-state index in [2.05, 4.69) is 25.3 Å². The number of aromatic nitrogens is 4. The highest BCUT2D eigenvalue weighted by Crippen LogP contribution is 2.28. The van der Waals surface area contributed by atoms with Gasteiger partial charge in [0.2, 0.25) is 0 Å². The minimum Gasteiger partial charge on any atom is -0.363 e. The average Bonchev–Trinajstić information content (AvgIpc) is 2.89. The topological polar surface area (TPSA) is 87.4 Å². The summed E-state index contributed by atoms with van der Waals surface area (Å²) in [6.45, 7) is 3.80. The number of nitriles is 1. The quantitative estimate of drug-likeness (QED) is 0.328. The molecule has 0 aliphatic heterocycles. The monoisotopic (exact) mass is 462 g/mol. The number of hydrogen-bond acceptors (Lipinski definition) is 6. The number of nitrogens with one attached hydrogen (secondary N) is 1. The lowest BCUT2D eigenvalue weighted by atomic mass is 10.0. The summed E-state index contributed by atoms with van der Waals surface area (Å²) in [7, 11) is 0. The molecule has 0 aliphatic rings. The molecule has 1 aromatic carbocycles. The minimum absolute atomic E-state index is 0.211. The molecule has 4 aromatic heterocycles. The van der Waals surface area contributed by atoms with Crippen molar-refractivity contribution in [3.05, 3.63) is 103 Å². The van der Waals surface area contributed by atoms with Crippen LogP contribution in [0.25, 0.3) is 33.3 Å². The standard InChI is InChI=1S/C26H20FN5.C2H3N/c1-17-13-21(8-11-28-17)24-6-4-18(15-31-24)16-32-26-25(27)22(9-12-30-26)19-5-7-23-20(14-19)3-2-10-29-23;1-2-3/h2-15H,16H2,1H3,(H,30,32);1H3. The maximum Gasteiger partial charge on any atom is 0.173 e. The summed E-state index contributed by atoms with van der Waals surface area (Å²) < 4.78 is 15.2. The van der Waals surface area contributed by atoms with E-state index in [0.717, 1.165) is 39.0 Å². The fourth-order valence-electron chi connectivity index (χ4n) is 3.62. The van der Waals surface area contributed by atoms with Crippen molar-refractivity contribution < 1.29 is 4.39 Å². The lowest BCUT2D eigenvalue weighted by Crippen LogP contribution is -2.05. The molecule has 7 heteroatoms. The molecule has 0 unspecified atom stereocenters. The van der Waals surface area contributed by atoms with Gasteiger partial charge in [-0.2, -0.15) is 5.26 Å². The number of benzene rings is 1. The first-order chi connectivity index (χ1) is 17.1. The molecule has 0 saturated carbocycles. The van der Waals surface area contributed by atoms with Crippen LogP contribution in [-0.4, -0.2) is 19.9 Å². The summed E-state index contributed by atoms with van der Waals surface area (Å²) >= 11 is 0. The van der Waals surface area contributed by atoms with Crippen LogP contribution in [0.5, 0.6) is 0 Å². The molecule has 6 nitrogen and oxygen atoms in total. The third-order valence-corrected chi connectivity index (χ3v) is 5.28. The van der Waals surface area contributed by atoms with Gasteiger partial charge in [0.05, 0.1) is 17.3 Å². The predicted octanol–water partition coefficient (Wildman–Crippen LogP) is 6.34. The molecule has 5 aromatic rings. The molecule has 0 amide bonds. The fraction of sp³-hybridized carbons (Fsp3) is 0.107. The zero-order valence-corrected chi connectivity index (χ0v) is 19.4. The van der Waals surface area contributed by atoms with Gasteiger partial charge in [-0.1, -0.05) is 18.2 Å². The zero-order chi connectivity index (χ0) is 24.6. The number of fused-ring (bicyclic) bond motifs is 1. The molecular weight excluding hydrogens is 439 g/mol. The first-order valence-corrected chi connectivity index (χ1v) is 11.0. The second-order valence-corrected chi connectivity index (χ2v) is 7.75. The van der Waals surface area contributed by atoms with Gasteiger partial charge >= 0.3 is 0 Å². The summed E-state index contributed by atoms with van der Waals surface area (Å²) in [5.74, 6) is -0.171. The van der Waals surface area contributed by atoms with Crippen LogP contribution in [-0.2, 0) is 6.54 Å². The number of anilines is 1. The molecule has 0 saturated heterocycles. The van der Waals surface area contributed by atoms with Gasteiger partial charge in [0.25, 0.3) is 0 Å². The fourth-order valence-corrected chi connectivity index (χ4v) is 3.62. The van der Waals surface area contributed by atoms with Crippen molar-refractivity contribution in [2.75, 3.05) is 5.32 Å². The first kappa shape index (κ1) is 23.5. The number of rotatable bonds is 5. The van der Waals surface area contributed by atoms with E-state index in [1.165, 1.54) is 6.92 Å². The van der Waals surface area contributed by atoms with E-state index in [0.29, 0.717) is 12.1 Å². The lowest BCUT2D eigenvalue weighted by molar-refractivity contribution is 0.628. The minimum atomic E-state index is -0.382. The third kappa shape index (κ3) is 5.63. The normalized spacial score (nSPS) is 10.2. The molecule has 35 heavy (non-hydrogen) atoms. The van der Waals surface area contributed by atoms with Crippen LogP contribution in [0.2, 0.25) is 0 Å². The van der Waals surface area contributed by atoms with Gasteiger partial charge in [-0.25, -0.2) is 9.37 Å². The third-order valence-electron chi connectivity index (χ3n) is 5.28. The average molecular weight is 463 g/mol. The summed E-state index contributed by atoms with van der Waals surface area (Å²) in [6, 6.07) is 20.8. The van der Waals surface area contributed by atoms with Crippen LogP contribution in [0.4, 0.5) is 10.2 Å². The van der Waals surface area contributed by atoms with E-state index in [1.54, 1.807) is 36.9 Å². The Kier molecular flexibility index (Phi) is 7.34. The van der Waals surface area contributed by atoms with E-state index in [4.69, 9.17) is 5.26 Å². The number of halogens is 1. The number of nitrogens with zero attached hydrogens (tertiary/aromatic N) is 5. The largest absolute Gasteiger partial charge is 0.363 e. The molecule has 0 radical (unpaired) electrons. The van der Waals surface area contributed by atoms with Gasteiger partial charge < -0.3 is 5.32 Å². The maximum absolute atomic E-state index is 15.2. The van der Waals surface area contributed by atoms with Crippen molar-refractivity contribution in [1.29, 1.82) is 5.26 Å². The van der Waals surface area contributed by atoms with Crippen molar-refractivity contribution in [3.8, 4) is 28.5 Å². The van der Waals surface area contributed by atoms with Gasteiger partial charge in [-0.15, -0.1) is 0 Å². The highest BCUT2D eigenvalue weighted by molar-refractivity contribution is 5.84. The summed E-state index contributed by atoms with van der Waals surface area (Å²) in [5.41, 5.74) is 5.92. The van der Waals surface area contributed by atoms with E-state index in [-0.39, 0.29) is 11.6 Å². The van der Waals surface area contributed by atoms with Crippen LogP contribution in [0.1, 0.15) is 18.2 Å². The van der Waals surface area contributed by atoms with Crippen LogP contribution < -0.4 is 5.32 Å². The molecule has 0 bridgehead atoms. The maximum atomic E-state index is 15.2. The molecule has 172 valence electrons. The Morgan fingerprint density at radius 1 is 0.886 bits per heavy atom. The molecular formula is C28H23FN6. The molecule has 0 spiro atoms. The summed E-state index contributed by atoms with van der Waals surface area (Å²) in [6.07, 6.45) is 6.92. The lowest BCUT2D eigenvalue weighted by Gasteiger charge is -2.11. The molecule has 0 aliphatic carbocycles. The second-order valence-electron chi connectivity index (χ2n) is 7.75. The first-order valence-electron chi connectivity index (χ1n) is 11.0. The van der Waals surface area contributed by atoms with E-state index < -0.39 is 0 Å². The molecule has 1 N–H and O–H groups in total. The Morgan fingerprint density at radius 2 is 1.71 bits per heavy atom. The Labute approximate surface area is 203 Å². The Morgan fingerprint density at radius 3 is 2.49 bits per heavy atom. The van der Waals surface area contributed by atoms with Gasteiger partial charge in [-0.3, -0.25) is 15.0 Å². The molecule has 4 heterocycles. The zero-order valence-electron chi connectivity index (χ0n) is 19.4. The van der Waals surface area contributed by atoms with Gasteiger partial charge in [0.1, 0.15) is 0 Å². The van der Waals surface area contributed by atoms with E-state index in [9.17, 15) is 0 Å². The van der Waals surface area contributed by atoms with Crippen molar-refractivity contribution in [2.24, 2.45) is 0 Å². The highest BCUT2D eigenvalue weighted by Gasteiger charge is 2.12. The Hall–Kier alpha value is -4.70. The SMILES string of the molecule is CC#N.Cc1cc(-c2ccc(CNc3nccc(-c4ccc5ncccc5c4)c3F)cn2)ccn1. The van der Waals surface area contributed by atoms with Crippen LogP contribution in [0, 0.1) is 24.1 Å². The Bertz CT molecular complexity index is 1490. The molecule has 0 fully saturated rings. The Balaban J connectivity index is 0.000000917. The smallest absolute Gasteiger partial charge is 0.173 e. The van der Waals surface area contributed by atoms with Crippen molar-refractivity contribution in [3.63, 3.8) is 0 Å². The summed E-state index contributed by atoms with van der Waals surface area (Å²) in [5, 5.41) is 11.4. The van der Waals surface area contributed by atoms with E-state index >= 15 is 4.39 Å². The molecule has 5 rings (SSSR count). The number of aryl methyl sites for hydroxylation is 1. The number of hydrogen-bond donors (Lipinski definition) is 1. The van der Waals surface area contributed by atoms with Gasteiger partial charge in [0.15, 0.2) is 11.6 Å². The van der Waals surface area contributed by atoms with Crippen LogP contribution in [0.3, 0.4) is 0 Å². The highest BCUT2D eigenvalue weighted by atomic mass is 19.1. The van der Waals surface area contributed by atoms with Gasteiger partial charge in [-0.05, 0) is 60.5 Å².